The summed E-state index contributed by atoms with van der Waals surface area (Å²) in [6.45, 7) is 6.98. The van der Waals surface area contributed by atoms with Crippen LogP contribution in [0.3, 0.4) is 0 Å². The zero-order valence-corrected chi connectivity index (χ0v) is 11.1. The van der Waals surface area contributed by atoms with Gasteiger partial charge in [-0.15, -0.1) is 0 Å². The molecule has 1 aliphatic rings. The quantitative estimate of drug-likeness (QED) is 0.617. The molecule has 0 nitrogen and oxygen atoms in total. The minimum atomic E-state index is 0.439. The Bertz CT molecular complexity index is 410. The van der Waals surface area contributed by atoms with Crippen LogP contribution in [0, 0.1) is 5.41 Å². The van der Waals surface area contributed by atoms with Crippen LogP contribution in [-0.4, -0.2) is 0 Å². The summed E-state index contributed by atoms with van der Waals surface area (Å²) in [5.41, 5.74) is 4.85. The Morgan fingerprint density at radius 2 is 1.75 bits per heavy atom. The van der Waals surface area contributed by atoms with Gasteiger partial charge in [-0.25, -0.2) is 0 Å². The Kier molecular flexibility index (Phi) is 3.12. The molecule has 16 heavy (non-hydrogen) atoms. The predicted molar refractivity (Wildman–Crippen MR) is 71.7 cm³/mol. The molecule has 0 fully saturated rings. The van der Waals surface area contributed by atoms with E-state index >= 15 is 0 Å². The first kappa shape index (κ1) is 11.7. The van der Waals surface area contributed by atoms with Crippen molar-refractivity contribution in [3.05, 3.63) is 40.4 Å². The van der Waals surface area contributed by atoms with E-state index in [0.717, 1.165) is 5.02 Å². The molecule has 0 aliphatic heterocycles. The molecule has 1 aromatic rings. The van der Waals surface area contributed by atoms with Crippen LogP contribution in [0.5, 0.6) is 0 Å². The van der Waals surface area contributed by atoms with Crippen molar-refractivity contribution in [1.29, 1.82) is 0 Å². The lowest BCUT2D eigenvalue weighted by molar-refractivity contribution is 0.332. The van der Waals surface area contributed by atoms with E-state index in [4.69, 9.17) is 11.6 Å². The molecule has 86 valence electrons. The lowest BCUT2D eigenvalue weighted by Crippen LogP contribution is -2.17. The number of halogens is 1. The second kappa shape index (κ2) is 4.25. The fourth-order valence-electron chi connectivity index (χ4n) is 2.39. The molecule has 2 rings (SSSR count). The lowest BCUT2D eigenvalue weighted by Gasteiger charge is -2.32. The first-order valence-electron chi connectivity index (χ1n) is 5.92. The van der Waals surface area contributed by atoms with Crippen molar-refractivity contribution in [1.82, 2.24) is 0 Å². The van der Waals surface area contributed by atoms with Gasteiger partial charge in [-0.05, 0) is 54.9 Å². The van der Waals surface area contributed by atoms with Crippen molar-refractivity contribution in [2.75, 3.05) is 0 Å². The maximum Gasteiger partial charge on any atom is 0.0406 e. The third-order valence-corrected chi connectivity index (χ3v) is 3.79. The van der Waals surface area contributed by atoms with Gasteiger partial charge in [-0.1, -0.05) is 43.2 Å². The molecule has 0 amide bonds. The smallest absolute Gasteiger partial charge is 0.0406 e. The van der Waals surface area contributed by atoms with Crippen LogP contribution in [0.4, 0.5) is 0 Å². The molecule has 0 atom stereocenters. The van der Waals surface area contributed by atoms with E-state index < -0.39 is 0 Å². The first-order chi connectivity index (χ1) is 7.48. The Balaban J connectivity index is 2.35. The summed E-state index contributed by atoms with van der Waals surface area (Å²) >= 11 is 5.93. The average Bonchev–Trinajstić information content (AvgIpc) is 2.23. The van der Waals surface area contributed by atoms with Crippen molar-refractivity contribution < 1.29 is 0 Å². The zero-order chi connectivity index (χ0) is 11.8. The third kappa shape index (κ3) is 2.49. The van der Waals surface area contributed by atoms with Crippen molar-refractivity contribution in [2.45, 2.75) is 40.0 Å². The van der Waals surface area contributed by atoms with E-state index in [1.807, 2.05) is 12.1 Å². The lowest BCUT2D eigenvalue weighted by atomic mass is 9.73. The maximum absolute atomic E-state index is 5.93. The van der Waals surface area contributed by atoms with Crippen molar-refractivity contribution in [3.63, 3.8) is 0 Å². The SMILES string of the molecule is CC1=C(c2ccc(Cl)cc2)CC(C)(C)CC1. The Morgan fingerprint density at radius 3 is 2.38 bits per heavy atom. The monoisotopic (exact) mass is 234 g/mol. The molecule has 0 saturated carbocycles. The summed E-state index contributed by atoms with van der Waals surface area (Å²) in [4.78, 5) is 0. The van der Waals surface area contributed by atoms with Crippen LogP contribution in [-0.2, 0) is 0 Å². The Hall–Kier alpha value is -0.750. The van der Waals surface area contributed by atoms with E-state index in [0.29, 0.717) is 5.41 Å². The molecule has 1 heteroatoms. The molecule has 0 bridgehead atoms. The average molecular weight is 235 g/mol. The maximum atomic E-state index is 5.93. The minimum absolute atomic E-state index is 0.439. The Morgan fingerprint density at radius 1 is 1.12 bits per heavy atom. The van der Waals surface area contributed by atoms with Gasteiger partial charge in [0.05, 0.1) is 0 Å². The number of rotatable bonds is 1. The van der Waals surface area contributed by atoms with Gasteiger partial charge in [0.2, 0.25) is 0 Å². The first-order valence-corrected chi connectivity index (χ1v) is 6.30. The standard InChI is InChI=1S/C15H19Cl/c1-11-8-9-15(2,3)10-14(11)12-4-6-13(16)7-5-12/h4-7H,8-10H2,1-3H3. The highest BCUT2D eigenvalue weighted by atomic mass is 35.5. The van der Waals surface area contributed by atoms with Gasteiger partial charge in [0.15, 0.2) is 0 Å². The third-order valence-electron chi connectivity index (χ3n) is 3.54. The van der Waals surface area contributed by atoms with Gasteiger partial charge in [-0.2, -0.15) is 0 Å². The van der Waals surface area contributed by atoms with Gasteiger partial charge in [0.1, 0.15) is 0 Å². The van der Waals surface area contributed by atoms with Crippen LogP contribution >= 0.6 is 11.6 Å². The molecule has 0 radical (unpaired) electrons. The largest absolute Gasteiger partial charge is 0.0843 e. The van der Waals surface area contributed by atoms with Crippen molar-refractivity contribution in [2.24, 2.45) is 5.41 Å². The van der Waals surface area contributed by atoms with Crippen LogP contribution in [0.2, 0.25) is 5.02 Å². The normalized spacial score (nSPS) is 20.0. The highest BCUT2D eigenvalue weighted by molar-refractivity contribution is 6.30. The highest BCUT2D eigenvalue weighted by Crippen LogP contribution is 2.42. The molecule has 0 aromatic heterocycles. The van der Waals surface area contributed by atoms with Gasteiger partial charge in [0.25, 0.3) is 0 Å². The second-order valence-electron chi connectivity index (χ2n) is 5.61. The molecular formula is C15H19Cl. The molecule has 0 N–H and O–H groups in total. The van der Waals surface area contributed by atoms with Crippen molar-refractivity contribution >= 4 is 17.2 Å². The van der Waals surface area contributed by atoms with Crippen LogP contribution in [0.1, 0.15) is 45.6 Å². The summed E-state index contributed by atoms with van der Waals surface area (Å²) < 4.78 is 0. The van der Waals surface area contributed by atoms with Crippen LogP contribution in [0.25, 0.3) is 5.57 Å². The fourth-order valence-corrected chi connectivity index (χ4v) is 2.52. The summed E-state index contributed by atoms with van der Waals surface area (Å²) in [5, 5.41) is 0.817. The van der Waals surface area contributed by atoms with Gasteiger partial charge >= 0.3 is 0 Å². The predicted octanol–water partition coefficient (Wildman–Crippen LogP) is 5.32. The molecule has 0 saturated heterocycles. The van der Waals surface area contributed by atoms with E-state index in [-0.39, 0.29) is 0 Å². The number of hydrogen-bond acceptors (Lipinski definition) is 0. The number of allylic oxidation sites excluding steroid dienone is 2. The van der Waals surface area contributed by atoms with E-state index in [9.17, 15) is 0 Å². The summed E-state index contributed by atoms with van der Waals surface area (Å²) in [6, 6.07) is 8.25. The van der Waals surface area contributed by atoms with E-state index in [2.05, 4.69) is 32.9 Å². The van der Waals surface area contributed by atoms with E-state index in [1.54, 1.807) is 5.57 Å². The molecule has 0 unspecified atom stereocenters. The fraction of sp³-hybridized carbons (Fsp3) is 0.467. The van der Waals surface area contributed by atoms with Gasteiger partial charge < -0.3 is 0 Å². The number of benzene rings is 1. The second-order valence-corrected chi connectivity index (χ2v) is 6.04. The zero-order valence-electron chi connectivity index (χ0n) is 10.3. The highest BCUT2D eigenvalue weighted by Gasteiger charge is 2.25. The van der Waals surface area contributed by atoms with Crippen LogP contribution in [0.15, 0.2) is 29.8 Å². The van der Waals surface area contributed by atoms with Crippen molar-refractivity contribution in [3.8, 4) is 0 Å². The Labute approximate surface area is 103 Å². The molecular weight excluding hydrogens is 216 g/mol. The van der Waals surface area contributed by atoms with Crippen LogP contribution < -0.4 is 0 Å². The molecule has 1 aliphatic carbocycles. The number of hydrogen-bond donors (Lipinski definition) is 0. The topological polar surface area (TPSA) is 0 Å². The van der Waals surface area contributed by atoms with E-state index in [1.165, 1.54) is 30.4 Å². The summed E-state index contributed by atoms with van der Waals surface area (Å²) in [7, 11) is 0. The van der Waals surface area contributed by atoms with Gasteiger partial charge in [-0.3, -0.25) is 0 Å². The molecule has 0 heterocycles. The minimum Gasteiger partial charge on any atom is -0.0843 e. The van der Waals surface area contributed by atoms with Gasteiger partial charge in [0, 0.05) is 5.02 Å². The summed E-state index contributed by atoms with van der Waals surface area (Å²) in [5.74, 6) is 0. The molecule has 0 spiro atoms. The summed E-state index contributed by atoms with van der Waals surface area (Å²) in [6.07, 6.45) is 3.71. The molecule has 1 aromatic carbocycles.